The van der Waals surface area contributed by atoms with E-state index in [-0.39, 0.29) is 11.9 Å². The van der Waals surface area contributed by atoms with E-state index in [2.05, 4.69) is 42.2 Å². The molecular formula is C23H22N6OS. The number of nitrogens with zero attached hydrogens (tertiary/aromatic N) is 5. The average molecular weight is 431 g/mol. The largest absolute Gasteiger partial charge is 0.348 e. The minimum atomic E-state index is -0.106. The quantitative estimate of drug-likeness (QED) is 0.524. The lowest BCUT2D eigenvalue weighted by Gasteiger charge is -2.15. The van der Waals surface area contributed by atoms with Crippen LogP contribution in [0.4, 0.5) is 0 Å². The van der Waals surface area contributed by atoms with Gasteiger partial charge in [0.15, 0.2) is 5.82 Å². The van der Waals surface area contributed by atoms with Crippen molar-refractivity contribution >= 4 is 17.2 Å². The molecule has 0 bridgehead atoms. The third-order valence-electron chi connectivity index (χ3n) is 5.48. The fraction of sp³-hybridized carbons (Fsp3) is 0.261. The standard InChI is InChI=1S/C23H22N6OS/c30-23(19-15-31-21(26-19)13-16-5-2-1-3-6-16)25-18-8-9-20-27-28-22(29(20)12-10-18)17-7-4-11-24-14-17/h1-7,11,14-15,18H,8-10,12-13H2,(H,25,30). The van der Waals surface area contributed by atoms with E-state index in [4.69, 9.17) is 0 Å². The molecule has 1 amide bonds. The Labute approximate surface area is 184 Å². The monoisotopic (exact) mass is 430 g/mol. The topological polar surface area (TPSA) is 85.6 Å². The highest BCUT2D eigenvalue weighted by Crippen LogP contribution is 2.22. The number of amides is 1. The molecule has 8 heteroatoms. The summed E-state index contributed by atoms with van der Waals surface area (Å²) in [5.41, 5.74) is 2.65. The van der Waals surface area contributed by atoms with Gasteiger partial charge in [0.25, 0.3) is 5.91 Å². The van der Waals surface area contributed by atoms with E-state index >= 15 is 0 Å². The normalized spacial score (nSPS) is 15.8. The van der Waals surface area contributed by atoms with Gasteiger partial charge in [-0.05, 0) is 30.5 Å². The summed E-state index contributed by atoms with van der Waals surface area (Å²) in [6.07, 6.45) is 6.72. The lowest BCUT2D eigenvalue weighted by atomic mass is 10.1. The summed E-state index contributed by atoms with van der Waals surface area (Å²) in [7, 11) is 0. The van der Waals surface area contributed by atoms with Gasteiger partial charge in [-0.25, -0.2) is 4.98 Å². The number of aromatic nitrogens is 5. The number of thiazole rings is 1. The third-order valence-corrected chi connectivity index (χ3v) is 6.33. The third kappa shape index (κ3) is 4.39. The zero-order valence-corrected chi connectivity index (χ0v) is 17.8. The minimum absolute atomic E-state index is 0.0789. The molecule has 0 fully saturated rings. The van der Waals surface area contributed by atoms with Crippen LogP contribution in [0.1, 0.15) is 39.7 Å². The van der Waals surface area contributed by atoms with Gasteiger partial charge in [-0.3, -0.25) is 9.78 Å². The van der Waals surface area contributed by atoms with Crippen LogP contribution in [0.5, 0.6) is 0 Å². The number of pyridine rings is 1. The van der Waals surface area contributed by atoms with E-state index in [0.29, 0.717) is 5.69 Å². The SMILES string of the molecule is O=C(NC1CCc2nnc(-c3cccnc3)n2CC1)c1csc(Cc2ccccc2)n1. The molecule has 3 aromatic heterocycles. The Morgan fingerprint density at radius 1 is 1.13 bits per heavy atom. The van der Waals surface area contributed by atoms with Gasteiger partial charge in [-0.2, -0.15) is 0 Å². The number of benzene rings is 1. The van der Waals surface area contributed by atoms with Crippen molar-refractivity contribution in [2.75, 3.05) is 0 Å². The fourth-order valence-corrected chi connectivity index (χ4v) is 4.68. The van der Waals surface area contributed by atoms with E-state index in [1.165, 1.54) is 16.9 Å². The average Bonchev–Trinajstić information content (AvgIpc) is 3.39. The highest BCUT2D eigenvalue weighted by Gasteiger charge is 2.23. The second-order valence-corrected chi connectivity index (χ2v) is 8.56. The Hall–Kier alpha value is -3.39. The van der Waals surface area contributed by atoms with E-state index in [1.807, 2.05) is 35.7 Å². The maximum absolute atomic E-state index is 12.8. The van der Waals surface area contributed by atoms with Crippen molar-refractivity contribution in [3.8, 4) is 11.4 Å². The van der Waals surface area contributed by atoms with Gasteiger partial charge in [-0.15, -0.1) is 21.5 Å². The summed E-state index contributed by atoms with van der Waals surface area (Å²) in [5.74, 6) is 1.68. The van der Waals surface area contributed by atoms with E-state index in [0.717, 1.165) is 54.4 Å². The number of carbonyl (C=O) groups is 1. The maximum atomic E-state index is 12.8. The molecule has 1 unspecified atom stereocenters. The highest BCUT2D eigenvalue weighted by molar-refractivity contribution is 7.09. The molecule has 5 rings (SSSR count). The van der Waals surface area contributed by atoms with Gasteiger partial charge in [-0.1, -0.05) is 30.3 Å². The molecule has 1 N–H and O–H groups in total. The predicted molar refractivity (Wildman–Crippen MR) is 119 cm³/mol. The first-order valence-corrected chi connectivity index (χ1v) is 11.3. The van der Waals surface area contributed by atoms with Crippen molar-refractivity contribution in [1.29, 1.82) is 0 Å². The molecule has 4 heterocycles. The molecule has 0 spiro atoms. The summed E-state index contributed by atoms with van der Waals surface area (Å²) >= 11 is 1.53. The summed E-state index contributed by atoms with van der Waals surface area (Å²) in [5, 5.41) is 14.7. The van der Waals surface area contributed by atoms with Crippen LogP contribution in [0, 0.1) is 0 Å². The van der Waals surface area contributed by atoms with Gasteiger partial charge in [0.05, 0.1) is 5.01 Å². The van der Waals surface area contributed by atoms with Crippen molar-refractivity contribution in [3.63, 3.8) is 0 Å². The predicted octanol–water partition coefficient (Wildman–Crippen LogP) is 3.52. The number of hydrogen-bond donors (Lipinski definition) is 1. The number of aryl methyl sites for hydroxylation is 1. The maximum Gasteiger partial charge on any atom is 0.270 e. The van der Waals surface area contributed by atoms with Gasteiger partial charge in [0, 0.05) is 48.8 Å². The van der Waals surface area contributed by atoms with Crippen LogP contribution in [0.2, 0.25) is 0 Å². The molecule has 0 aliphatic carbocycles. The molecule has 0 radical (unpaired) electrons. The van der Waals surface area contributed by atoms with Crippen LogP contribution in [-0.2, 0) is 19.4 Å². The second kappa shape index (κ2) is 8.77. The van der Waals surface area contributed by atoms with Crippen molar-refractivity contribution in [1.82, 2.24) is 30.0 Å². The Kier molecular flexibility index (Phi) is 5.54. The fourth-order valence-electron chi connectivity index (χ4n) is 3.87. The van der Waals surface area contributed by atoms with Crippen LogP contribution < -0.4 is 5.32 Å². The van der Waals surface area contributed by atoms with Crippen molar-refractivity contribution < 1.29 is 4.79 Å². The smallest absolute Gasteiger partial charge is 0.270 e. The highest BCUT2D eigenvalue weighted by atomic mass is 32.1. The molecule has 1 aliphatic rings. The number of fused-ring (bicyclic) bond motifs is 1. The van der Waals surface area contributed by atoms with Crippen LogP contribution in [-0.4, -0.2) is 36.7 Å². The van der Waals surface area contributed by atoms with Crippen molar-refractivity contribution in [2.45, 2.75) is 38.3 Å². The van der Waals surface area contributed by atoms with Crippen molar-refractivity contribution in [2.24, 2.45) is 0 Å². The van der Waals surface area contributed by atoms with Gasteiger partial charge >= 0.3 is 0 Å². The first-order valence-electron chi connectivity index (χ1n) is 10.4. The second-order valence-electron chi connectivity index (χ2n) is 7.62. The lowest BCUT2D eigenvalue weighted by molar-refractivity contribution is 0.0928. The molecule has 1 aromatic carbocycles. The van der Waals surface area contributed by atoms with Crippen LogP contribution in [0.15, 0.2) is 60.2 Å². The molecular weight excluding hydrogens is 408 g/mol. The molecule has 31 heavy (non-hydrogen) atoms. The van der Waals surface area contributed by atoms with Crippen LogP contribution in [0.3, 0.4) is 0 Å². The molecule has 7 nitrogen and oxygen atoms in total. The first-order chi connectivity index (χ1) is 15.3. The Morgan fingerprint density at radius 3 is 2.87 bits per heavy atom. The van der Waals surface area contributed by atoms with E-state index in [9.17, 15) is 4.79 Å². The number of carbonyl (C=O) groups excluding carboxylic acids is 1. The summed E-state index contributed by atoms with van der Waals surface area (Å²) in [6.45, 7) is 0.758. The number of hydrogen-bond acceptors (Lipinski definition) is 6. The molecule has 0 saturated heterocycles. The Bertz CT molecular complexity index is 1170. The number of nitrogens with one attached hydrogen (secondary N) is 1. The zero-order valence-electron chi connectivity index (χ0n) is 16.9. The van der Waals surface area contributed by atoms with Crippen molar-refractivity contribution in [3.05, 3.63) is 82.3 Å². The van der Waals surface area contributed by atoms with Gasteiger partial charge < -0.3 is 9.88 Å². The summed E-state index contributed by atoms with van der Waals surface area (Å²) < 4.78 is 2.14. The van der Waals surface area contributed by atoms with E-state index < -0.39 is 0 Å². The summed E-state index contributed by atoms with van der Waals surface area (Å²) in [4.78, 5) is 21.5. The zero-order chi connectivity index (χ0) is 21.0. The number of rotatable bonds is 5. The lowest BCUT2D eigenvalue weighted by Crippen LogP contribution is -2.35. The van der Waals surface area contributed by atoms with Crippen LogP contribution in [0.25, 0.3) is 11.4 Å². The molecule has 156 valence electrons. The van der Waals surface area contributed by atoms with Crippen LogP contribution >= 0.6 is 11.3 Å². The minimum Gasteiger partial charge on any atom is -0.348 e. The molecule has 0 saturated carbocycles. The van der Waals surface area contributed by atoms with Gasteiger partial charge in [0.2, 0.25) is 0 Å². The van der Waals surface area contributed by atoms with Gasteiger partial charge in [0.1, 0.15) is 11.5 Å². The Balaban J connectivity index is 1.22. The van der Waals surface area contributed by atoms with E-state index in [1.54, 1.807) is 12.4 Å². The molecule has 1 atom stereocenters. The molecule has 1 aliphatic heterocycles. The first kappa shape index (κ1) is 19.6. The Morgan fingerprint density at radius 2 is 2.03 bits per heavy atom. The summed E-state index contributed by atoms with van der Waals surface area (Å²) in [6, 6.07) is 14.1. The molecule has 4 aromatic rings.